The van der Waals surface area contributed by atoms with E-state index in [4.69, 9.17) is 0 Å². The van der Waals surface area contributed by atoms with Crippen molar-refractivity contribution in [2.75, 3.05) is 0 Å². The second-order valence-corrected chi connectivity index (χ2v) is 2.08. The van der Waals surface area contributed by atoms with Gasteiger partial charge in [0.25, 0.3) is 0 Å². The number of aromatic nitrogens is 3. The minimum Gasteiger partial charge on any atom is -0.381 e. The van der Waals surface area contributed by atoms with Crippen LogP contribution in [0.5, 0.6) is 0 Å². The summed E-state index contributed by atoms with van der Waals surface area (Å²) in [5.74, 6) is 0. The predicted molar refractivity (Wildman–Crippen MR) is 51.1 cm³/mol. The zero-order chi connectivity index (χ0) is 6.97. The zero-order valence-corrected chi connectivity index (χ0v) is 10.3. The molecule has 0 amide bonds. The van der Waals surface area contributed by atoms with E-state index >= 15 is 0 Å². The summed E-state index contributed by atoms with van der Waals surface area (Å²) < 4.78 is 1.51. The van der Waals surface area contributed by atoms with Crippen molar-refractivity contribution < 1.29 is 26.2 Å². The number of fused-ring (bicyclic) bond motifs is 1. The normalized spacial score (nSPS) is 8.00. The second kappa shape index (κ2) is 5.92. The molecule has 67 valence electrons. The topological polar surface area (TPSA) is 30.7 Å². The minimum absolute atomic E-state index is 0. The number of rotatable bonds is 0. The monoisotopic (exact) mass is 252 g/mol. The Hall–Kier alpha value is -0.627. The van der Waals surface area contributed by atoms with Crippen LogP contribution in [0.2, 0.25) is 0 Å². The Morgan fingerprint density at radius 1 is 1.15 bits per heavy atom. The van der Waals surface area contributed by atoms with Crippen molar-refractivity contribution >= 4 is 11.0 Å². The predicted octanol–water partition coefficient (Wildman–Crippen LogP) is 1.97. The van der Waals surface area contributed by atoms with Crippen LogP contribution in [0.1, 0.15) is 0 Å². The molecule has 4 heteroatoms. The van der Waals surface area contributed by atoms with Gasteiger partial charge < -0.3 is 19.5 Å². The Labute approximate surface area is 98.3 Å². The first kappa shape index (κ1) is 14.9. The Kier molecular flexibility index (Phi) is 6.78. The van der Waals surface area contributed by atoms with E-state index in [-0.39, 0.29) is 41.1 Å². The number of para-hydroxylation sites is 1. The van der Waals surface area contributed by atoms with Crippen LogP contribution >= 0.6 is 0 Å². The summed E-state index contributed by atoms with van der Waals surface area (Å²) in [6.07, 6.45) is 0. The molecule has 0 aliphatic rings. The van der Waals surface area contributed by atoms with Crippen LogP contribution in [-0.4, -0.2) is 15.0 Å². The van der Waals surface area contributed by atoms with E-state index in [2.05, 4.69) is 17.4 Å². The van der Waals surface area contributed by atoms with Crippen LogP contribution in [0.15, 0.2) is 24.3 Å². The molecule has 0 fully saturated rings. The van der Waals surface area contributed by atoms with Gasteiger partial charge in [-0.1, -0.05) is 28.9 Å². The van der Waals surface area contributed by atoms with Crippen LogP contribution in [0.3, 0.4) is 0 Å². The molecular formula is C9H12N3Zr. The Morgan fingerprint density at radius 3 is 2.38 bits per heavy atom. The van der Waals surface area contributed by atoms with E-state index in [0.29, 0.717) is 0 Å². The molecule has 1 aromatic carbocycles. The molecule has 0 aliphatic heterocycles. The molecule has 3 nitrogen and oxygen atoms in total. The van der Waals surface area contributed by atoms with E-state index in [9.17, 15) is 0 Å². The van der Waals surface area contributed by atoms with Gasteiger partial charge >= 0.3 is 26.2 Å². The molecule has 0 spiro atoms. The van der Waals surface area contributed by atoms with Gasteiger partial charge in [-0.2, -0.15) is 12.1 Å². The number of hydrogen-bond acceptors (Lipinski definition) is 2. The molecule has 2 rings (SSSR count). The maximum atomic E-state index is 3.87. The van der Waals surface area contributed by atoms with Crippen LogP contribution in [0.25, 0.3) is 11.0 Å². The van der Waals surface area contributed by atoms with Crippen molar-refractivity contribution in [1.82, 2.24) is 15.0 Å². The number of hydrogen-bond donors (Lipinski definition) is 0. The number of benzene rings is 1. The van der Waals surface area contributed by atoms with Crippen LogP contribution in [0, 0.1) is 21.9 Å². The van der Waals surface area contributed by atoms with Crippen molar-refractivity contribution in [1.29, 1.82) is 0 Å². The van der Waals surface area contributed by atoms with E-state index in [1.165, 1.54) is 4.68 Å². The Balaban J connectivity index is 0. The van der Waals surface area contributed by atoms with Gasteiger partial charge in [0.05, 0.1) is 0 Å². The minimum atomic E-state index is 0. The first-order chi connectivity index (χ1) is 4.88. The van der Waals surface area contributed by atoms with Crippen LogP contribution in [-0.2, 0) is 26.2 Å². The Morgan fingerprint density at radius 2 is 1.77 bits per heavy atom. The fourth-order valence-corrected chi connectivity index (χ4v) is 0.917. The molecule has 0 aliphatic carbocycles. The molecule has 2 aromatic rings. The third kappa shape index (κ3) is 2.66. The molecule has 0 saturated heterocycles. The smallest absolute Gasteiger partial charge is 0.381 e. The first-order valence-electron chi connectivity index (χ1n) is 2.99. The molecule has 0 bridgehead atoms. The summed E-state index contributed by atoms with van der Waals surface area (Å²) in [6.45, 7) is 0. The third-order valence-corrected chi connectivity index (χ3v) is 1.42. The third-order valence-electron chi connectivity index (χ3n) is 1.42. The Bertz CT molecular complexity index is 356. The standard InChI is InChI=1S/C7H6N3.2CH3.Zr/c1-10-7-5-3-2-4-6(7)8-9-10;;;/h2-5H,1H2;2*1H3;/q3*-1;+3. The first-order valence-corrected chi connectivity index (χ1v) is 2.99. The van der Waals surface area contributed by atoms with Crippen molar-refractivity contribution in [3.05, 3.63) is 46.2 Å². The van der Waals surface area contributed by atoms with Gasteiger partial charge in [-0.3, -0.25) is 0 Å². The molecular weight excluding hydrogens is 241 g/mol. The van der Waals surface area contributed by atoms with Gasteiger partial charge in [0.2, 0.25) is 0 Å². The fourth-order valence-electron chi connectivity index (χ4n) is 0.917. The summed E-state index contributed by atoms with van der Waals surface area (Å²) in [4.78, 5) is 0. The maximum Gasteiger partial charge on any atom is 3.00 e. The number of nitrogens with zero attached hydrogens (tertiary/aromatic N) is 3. The zero-order valence-electron chi connectivity index (χ0n) is 7.86. The molecule has 0 N–H and O–H groups in total. The summed E-state index contributed by atoms with van der Waals surface area (Å²) in [5.41, 5.74) is 1.85. The largest absolute Gasteiger partial charge is 3.00 e. The summed E-state index contributed by atoms with van der Waals surface area (Å²) >= 11 is 0. The molecule has 0 unspecified atom stereocenters. The molecule has 0 saturated carbocycles. The van der Waals surface area contributed by atoms with Crippen molar-refractivity contribution in [2.24, 2.45) is 0 Å². The van der Waals surface area contributed by atoms with Gasteiger partial charge in [0.15, 0.2) is 0 Å². The quantitative estimate of drug-likeness (QED) is 0.672. The van der Waals surface area contributed by atoms with Gasteiger partial charge in [0, 0.05) is 5.52 Å². The molecule has 1 heterocycles. The summed E-state index contributed by atoms with van der Waals surface area (Å²) in [7, 11) is 3.65. The van der Waals surface area contributed by atoms with Crippen LogP contribution < -0.4 is 0 Å². The molecule has 13 heavy (non-hydrogen) atoms. The van der Waals surface area contributed by atoms with Crippen molar-refractivity contribution in [2.45, 2.75) is 0 Å². The maximum absolute atomic E-state index is 3.87. The molecule has 1 aromatic heterocycles. The van der Waals surface area contributed by atoms with Gasteiger partial charge in [0.1, 0.15) is 0 Å². The molecule has 1 radical (unpaired) electrons. The van der Waals surface area contributed by atoms with Gasteiger partial charge in [-0.25, -0.2) is 0 Å². The van der Waals surface area contributed by atoms with E-state index in [1.807, 2.05) is 24.3 Å². The molecule has 0 atom stereocenters. The van der Waals surface area contributed by atoms with Gasteiger partial charge in [-0.05, 0) is 0 Å². The SMILES string of the molecule is [CH2-]n1nnc2ccccc21.[CH3-].[CH3-].[Zr+3]. The van der Waals surface area contributed by atoms with E-state index in [0.717, 1.165) is 11.0 Å². The summed E-state index contributed by atoms with van der Waals surface area (Å²) in [5, 5.41) is 7.62. The van der Waals surface area contributed by atoms with Crippen molar-refractivity contribution in [3.8, 4) is 0 Å². The fraction of sp³-hybridized carbons (Fsp3) is 0. The van der Waals surface area contributed by atoms with Crippen LogP contribution in [0.4, 0.5) is 0 Å². The summed E-state index contributed by atoms with van der Waals surface area (Å²) in [6, 6.07) is 7.71. The van der Waals surface area contributed by atoms with E-state index in [1.54, 1.807) is 0 Å². The average molecular weight is 253 g/mol. The average Bonchev–Trinajstić information content (AvgIpc) is 2.34. The van der Waals surface area contributed by atoms with Gasteiger partial charge in [-0.15, -0.1) is 6.07 Å². The second-order valence-electron chi connectivity index (χ2n) is 2.08. The van der Waals surface area contributed by atoms with E-state index < -0.39 is 0 Å². The van der Waals surface area contributed by atoms with Crippen molar-refractivity contribution in [3.63, 3.8) is 0 Å².